The van der Waals surface area contributed by atoms with E-state index in [-0.39, 0.29) is 17.5 Å². The average Bonchev–Trinajstić information content (AvgIpc) is 2.08. The third-order valence-electron chi connectivity index (χ3n) is 2.02. The van der Waals surface area contributed by atoms with Crippen molar-refractivity contribution in [3.63, 3.8) is 0 Å². The smallest absolute Gasteiger partial charge is 0.221 e. The number of halogens is 2. The molecule has 1 aromatic carbocycles. The van der Waals surface area contributed by atoms with Gasteiger partial charge in [-0.05, 0) is 23.6 Å². The monoisotopic (exact) mass is 273 g/mol. The van der Waals surface area contributed by atoms with Gasteiger partial charge in [-0.1, -0.05) is 29.8 Å². The molecular weight excluding hydrogens is 261 g/mol. The van der Waals surface area contributed by atoms with Crippen LogP contribution in [0.4, 0.5) is 10.1 Å². The molecule has 1 N–H and O–H groups in total. The predicted octanol–water partition coefficient (Wildman–Crippen LogP) is 3.67. The van der Waals surface area contributed by atoms with E-state index in [0.717, 1.165) is 10.0 Å². The first-order chi connectivity index (χ1) is 6.91. The number of hydrogen-bond acceptors (Lipinski definition) is 1. The van der Waals surface area contributed by atoms with Gasteiger partial charge < -0.3 is 5.32 Å². The second-order valence-corrected chi connectivity index (χ2v) is 4.54. The lowest BCUT2D eigenvalue weighted by molar-refractivity contribution is -0.114. The van der Waals surface area contributed by atoms with Crippen molar-refractivity contribution in [2.45, 2.75) is 26.7 Å². The fraction of sp³-hybridized carbons (Fsp3) is 0.364. The maximum absolute atomic E-state index is 13.4. The van der Waals surface area contributed by atoms with Crippen LogP contribution in [-0.4, -0.2) is 5.91 Å². The summed E-state index contributed by atoms with van der Waals surface area (Å²) in [5, 5.41) is 2.46. The van der Waals surface area contributed by atoms with Crippen LogP contribution in [0, 0.1) is 5.82 Å². The van der Waals surface area contributed by atoms with E-state index in [2.05, 4.69) is 21.2 Å². The molecule has 1 aromatic rings. The Bertz CT molecular complexity index is 390. The van der Waals surface area contributed by atoms with Gasteiger partial charge in [0.15, 0.2) is 0 Å². The second-order valence-electron chi connectivity index (χ2n) is 3.69. The third-order valence-corrected chi connectivity index (χ3v) is 2.71. The molecule has 0 aliphatic rings. The topological polar surface area (TPSA) is 29.1 Å². The Morgan fingerprint density at radius 1 is 1.47 bits per heavy atom. The highest BCUT2D eigenvalue weighted by atomic mass is 79.9. The van der Waals surface area contributed by atoms with Crippen molar-refractivity contribution in [3.8, 4) is 0 Å². The number of anilines is 1. The van der Waals surface area contributed by atoms with Gasteiger partial charge in [0.1, 0.15) is 5.82 Å². The maximum Gasteiger partial charge on any atom is 0.221 e. The summed E-state index contributed by atoms with van der Waals surface area (Å²) in [4.78, 5) is 10.8. The van der Waals surface area contributed by atoms with Crippen LogP contribution < -0.4 is 5.32 Å². The second kappa shape index (κ2) is 4.75. The number of carbonyl (C=O) groups is 1. The van der Waals surface area contributed by atoms with Gasteiger partial charge in [0, 0.05) is 11.4 Å². The van der Waals surface area contributed by atoms with Gasteiger partial charge in [0.2, 0.25) is 5.91 Å². The van der Waals surface area contributed by atoms with Crippen molar-refractivity contribution < 1.29 is 9.18 Å². The van der Waals surface area contributed by atoms with Gasteiger partial charge >= 0.3 is 0 Å². The lowest BCUT2D eigenvalue weighted by atomic mass is 10.0. The van der Waals surface area contributed by atoms with E-state index in [0.29, 0.717) is 0 Å². The van der Waals surface area contributed by atoms with E-state index in [9.17, 15) is 9.18 Å². The summed E-state index contributed by atoms with van der Waals surface area (Å²) >= 11 is 3.30. The van der Waals surface area contributed by atoms with Crippen molar-refractivity contribution in [2.24, 2.45) is 0 Å². The molecule has 1 amide bonds. The summed E-state index contributed by atoms with van der Waals surface area (Å²) in [6.45, 7) is 5.38. The van der Waals surface area contributed by atoms with Gasteiger partial charge in [-0.3, -0.25) is 4.79 Å². The molecular formula is C11H13BrFNO. The van der Waals surface area contributed by atoms with Gasteiger partial charge in [-0.2, -0.15) is 0 Å². The molecule has 0 aromatic heterocycles. The van der Waals surface area contributed by atoms with E-state index in [1.807, 2.05) is 13.8 Å². The molecule has 0 aliphatic heterocycles. The Kier molecular flexibility index (Phi) is 3.85. The van der Waals surface area contributed by atoms with Crippen LogP contribution in [-0.2, 0) is 4.79 Å². The van der Waals surface area contributed by atoms with Crippen LogP contribution in [0.5, 0.6) is 0 Å². The van der Waals surface area contributed by atoms with Gasteiger partial charge in [-0.15, -0.1) is 0 Å². The minimum absolute atomic E-state index is 0.231. The maximum atomic E-state index is 13.4. The molecule has 4 heteroatoms. The first kappa shape index (κ1) is 12.2. The number of amides is 1. The fourth-order valence-electron chi connectivity index (χ4n) is 1.29. The summed E-state index contributed by atoms with van der Waals surface area (Å²) in [5.74, 6) is -0.431. The van der Waals surface area contributed by atoms with Crippen LogP contribution in [0.1, 0.15) is 32.3 Å². The Hall–Kier alpha value is -0.900. The molecule has 0 unspecified atom stereocenters. The molecule has 2 nitrogen and oxygen atoms in total. The standard InChI is InChI=1S/C11H13BrFNO/c1-6(2)8-4-11(14-7(3)15)10(13)5-9(8)12/h4-6H,1-3H3,(H,14,15). The molecule has 0 aliphatic carbocycles. The number of benzene rings is 1. The summed E-state index contributed by atoms with van der Waals surface area (Å²) in [6.07, 6.45) is 0. The highest BCUT2D eigenvalue weighted by Gasteiger charge is 2.11. The predicted molar refractivity (Wildman–Crippen MR) is 62.5 cm³/mol. The molecule has 0 fully saturated rings. The molecule has 0 saturated carbocycles. The van der Waals surface area contributed by atoms with E-state index in [4.69, 9.17) is 0 Å². The largest absolute Gasteiger partial charge is 0.324 e. The minimum atomic E-state index is -0.429. The molecule has 0 bridgehead atoms. The number of nitrogens with one attached hydrogen (secondary N) is 1. The van der Waals surface area contributed by atoms with Crippen molar-refractivity contribution in [2.75, 3.05) is 5.32 Å². The minimum Gasteiger partial charge on any atom is -0.324 e. The van der Waals surface area contributed by atoms with E-state index in [1.54, 1.807) is 6.07 Å². The zero-order valence-electron chi connectivity index (χ0n) is 8.90. The van der Waals surface area contributed by atoms with Crippen molar-refractivity contribution in [1.82, 2.24) is 0 Å². The van der Waals surface area contributed by atoms with Crippen LogP contribution in [0.25, 0.3) is 0 Å². The molecule has 0 saturated heterocycles. The quantitative estimate of drug-likeness (QED) is 0.875. The Morgan fingerprint density at radius 2 is 2.07 bits per heavy atom. The van der Waals surface area contributed by atoms with Crippen LogP contribution in [0.3, 0.4) is 0 Å². The fourth-order valence-corrected chi connectivity index (χ4v) is 2.07. The molecule has 0 atom stereocenters. The van der Waals surface area contributed by atoms with Gasteiger partial charge in [0.25, 0.3) is 0 Å². The van der Waals surface area contributed by atoms with E-state index >= 15 is 0 Å². The Morgan fingerprint density at radius 3 is 2.53 bits per heavy atom. The average molecular weight is 274 g/mol. The van der Waals surface area contributed by atoms with Crippen LogP contribution >= 0.6 is 15.9 Å². The number of rotatable bonds is 2. The molecule has 82 valence electrons. The molecule has 15 heavy (non-hydrogen) atoms. The summed E-state index contributed by atoms with van der Waals surface area (Å²) in [6, 6.07) is 3.03. The lowest BCUT2D eigenvalue weighted by Crippen LogP contribution is -2.08. The Balaban J connectivity index is 3.17. The zero-order valence-corrected chi connectivity index (χ0v) is 10.5. The van der Waals surface area contributed by atoms with E-state index < -0.39 is 5.82 Å². The molecule has 0 spiro atoms. The van der Waals surface area contributed by atoms with E-state index in [1.165, 1.54) is 13.0 Å². The zero-order chi connectivity index (χ0) is 11.6. The first-order valence-corrected chi connectivity index (χ1v) is 5.47. The highest BCUT2D eigenvalue weighted by molar-refractivity contribution is 9.10. The van der Waals surface area contributed by atoms with Gasteiger partial charge in [0.05, 0.1) is 5.69 Å². The summed E-state index contributed by atoms with van der Waals surface area (Å²) in [5.41, 5.74) is 1.20. The normalized spacial score (nSPS) is 10.5. The number of carbonyl (C=O) groups excluding carboxylic acids is 1. The van der Waals surface area contributed by atoms with Gasteiger partial charge in [-0.25, -0.2) is 4.39 Å². The molecule has 0 heterocycles. The summed E-state index contributed by atoms with van der Waals surface area (Å²) < 4.78 is 14.1. The first-order valence-electron chi connectivity index (χ1n) is 4.68. The van der Waals surface area contributed by atoms with Crippen LogP contribution in [0.2, 0.25) is 0 Å². The van der Waals surface area contributed by atoms with Crippen molar-refractivity contribution in [3.05, 3.63) is 28.0 Å². The highest BCUT2D eigenvalue weighted by Crippen LogP contribution is 2.29. The lowest BCUT2D eigenvalue weighted by Gasteiger charge is -2.12. The summed E-state index contributed by atoms with van der Waals surface area (Å²) in [7, 11) is 0. The van der Waals surface area contributed by atoms with Crippen molar-refractivity contribution >= 4 is 27.5 Å². The molecule has 1 rings (SSSR count). The number of hydrogen-bond donors (Lipinski definition) is 1. The SMILES string of the molecule is CC(=O)Nc1cc(C(C)C)c(Br)cc1F. The third kappa shape index (κ3) is 3.02. The Labute approximate surface area is 97.0 Å². The van der Waals surface area contributed by atoms with Crippen molar-refractivity contribution in [1.29, 1.82) is 0 Å². The van der Waals surface area contributed by atoms with Crippen LogP contribution in [0.15, 0.2) is 16.6 Å². The molecule has 0 radical (unpaired) electrons.